The lowest BCUT2D eigenvalue weighted by Gasteiger charge is -1.97. The number of aromatic nitrogens is 4. The van der Waals surface area contributed by atoms with Gasteiger partial charge in [0, 0.05) is 26.1 Å². The van der Waals surface area contributed by atoms with Gasteiger partial charge in [0.15, 0.2) is 0 Å². The molecule has 0 saturated heterocycles. The molecule has 0 aliphatic heterocycles. The number of carbonyl (C=O) groups excluding carboxylic acids is 1. The average molecular weight is 276 g/mol. The summed E-state index contributed by atoms with van der Waals surface area (Å²) in [7, 11) is 1.85. The fourth-order valence-electron chi connectivity index (χ4n) is 2.01. The molecule has 0 fully saturated rings. The highest BCUT2D eigenvalue weighted by molar-refractivity contribution is 5.75. The van der Waals surface area contributed by atoms with E-state index in [0.29, 0.717) is 18.1 Å². The molecule has 0 aromatic carbocycles. The predicted octanol–water partition coefficient (Wildman–Crippen LogP) is 2.55. The van der Waals surface area contributed by atoms with Crippen molar-refractivity contribution >= 4 is 5.78 Å². The maximum atomic E-state index is 10.8. The van der Waals surface area contributed by atoms with Crippen LogP contribution in [0, 0.1) is 0 Å². The lowest BCUT2D eigenvalue weighted by Crippen LogP contribution is -1.90. The Kier molecular flexibility index (Phi) is 5.03. The predicted molar refractivity (Wildman–Crippen MR) is 74.0 cm³/mol. The van der Waals surface area contributed by atoms with Gasteiger partial charge in [-0.1, -0.05) is 18.0 Å². The molecule has 0 saturated carbocycles. The van der Waals surface area contributed by atoms with Gasteiger partial charge < -0.3 is 9.32 Å². The molecule has 6 heteroatoms. The number of hydrogen-bond acceptors (Lipinski definition) is 5. The van der Waals surface area contributed by atoms with Gasteiger partial charge in [0.2, 0.25) is 11.7 Å². The van der Waals surface area contributed by atoms with Gasteiger partial charge >= 0.3 is 0 Å². The Labute approximate surface area is 118 Å². The monoisotopic (exact) mass is 276 g/mol. The molecule has 2 aromatic heterocycles. The molecule has 6 nitrogen and oxygen atoms in total. The fourth-order valence-corrected chi connectivity index (χ4v) is 2.01. The van der Waals surface area contributed by atoms with Gasteiger partial charge in [-0.25, -0.2) is 0 Å². The molecule has 0 bridgehead atoms. The molecular weight excluding hydrogens is 256 g/mol. The molecule has 0 N–H and O–H groups in total. The Morgan fingerprint density at radius 3 is 2.80 bits per heavy atom. The number of hydrogen-bond donors (Lipinski definition) is 0. The summed E-state index contributed by atoms with van der Waals surface area (Å²) < 4.78 is 6.93. The van der Waals surface area contributed by atoms with E-state index in [0.717, 1.165) is 37.7 Å². The minimum absolute atomic E-state index is 0.267. The summed E-state index contributed by atoms with van der Waals surface area (Å²) in [4.78, 5) is 15.2. The standard InChI is InChI=1S/C14H20N4O2/c1-11(19)7-5-3-4-6-8-13-16-14(17-20-13)12-9-15-18(2)10-12/h9-10H,3-8H2,1-2H3. The van der Waals surface area contributed by atoms with Crippen LogP contribution in [-0.4, -0.2) is 25.7 Å². The first kappa shape index (κ1) is 14.4. The minimum Gasteiger partial charge on any atom is -0.339 e. The quantitative estimate of drug-likeness (QED) is 0.693. The van der Waals surface area contributed by atoms with Crippen molar-refractivity contribution < 1.29 is 9.32 Å². The minimum atomic E-state index is 0.267. The van der Waals surface area contributed by atoms with Crippen LogP contribution in [-0.2, 0) is 18.3 Å². The van der Waals surface area contributed by atoms with Crippen molar-refractivity contribution in [3.63, 3.8) is 0 Å². The topological polar surface area (TPSA) is 73.8 Å². The smallest absolute Gasteiger partial charge is 0.226 e. The lowest BCUT2D eigenvalue weighted by molar-refractivity contribution is -0.117. The molecule has 108 valence electrons. The summed E-state index contributed by atoms with van der Waals surface area (Å²) in [6.45, 7) is 1.64. The summed E-state index contributed by atoms with van der Waals surface area (Å²) in [5.74, 6) is 1.52. The second-order valence-corrected chi connectivity index (χ2v) is 5.03. The van der Waals surface area contributed by atoms with E-state index in [1.54, 1.807) is 17.8 Å². The van der Waals surface area contributed by atoms with Crippen LogP contribution in [0.5, 0.6) is 0 Å². The molecule has 0 atom stereocenters. The van der Waals surface area contributed by atoms with E-state index >= 15 is 0 Å². The highest BCUT2D eigenvalue weighted by Crippen LogP contribution is 2.15. The number of Topliss-reactive ketones (excluding diaryl/α,β-unsaturated/α-hetero) is 1. The van der Waals surface area contributed by atoms with Gasteiger partial charge in [0.1, 0.15) is 5.78 Å². The van der Waals surface area contributed by atoms with Crippen molar-refractivity contribution in [2.75, 3.05) is 0 Å². The van der Waals surface area contributed by atoms with E-state index < -0.39 is 0 Å². The summed E-state index contributed by atoms with van der Waals surface area (Å²) >= 11 is 0. The van der Waals surface area contributed by atoms with Gasteiger partial charge in [-0.15, -0.1) is 0 Å². The van der Waals surface area contributed by atoms with Gasteiger partial charge in [-0.2, -0.15) is 10.1 Å². The van der Waals surface area contributed by atoms with Crippen molar-refractivity contribution in [3.8, 4) is 11.4 Å². The van der Waals surface area contributed by atoms with Crippen LogP contribution in [0.4, 0.5) is 0 Å². The van der Waals surface area contributed by atoms with E-state index in [2.05, 4.69) is 15.2 Å². The molecule has 20 heavy (non-hydrogen) atoms. The second-order valence-electron chi connectivity index (χ2n) is 5.03. The van der Waals surface area contributed by atoms with Crippen LogP contribution in [0.3, 0.4) is 0 Å². The first-order valence-electron chi connectivity index (χ1n) is 6.96. The summed E-state index contributed by atoms with van der Waals surface area (Å²) in [6, 6.07) is 0. The van der Waals surface area contributed by atoms with Crippen molar-refractivity contribution in [2.24, 2.45) is 7.05 Å². The molecule has 0 amide bonds. The summed E-state index contributed by atoms with van der Waals surface area (Å²) in [6.07, 6.45) is 9.18. The van der Waals surface area contributed by atoms with Crippen molar-refractivity contribution in [1.29, 1.82) is 0 Å². The number of rotatable bonds is 8. The number of aryl methyl sites for hydroxylation is 2. The molecule has 0 aliphatic carbocycles. The zero-order valence-corrected chi connectivity index (χ0v) is 12.0. The number of carbonyl (C=O) groups is 1. The van der Waals surface area contributed by atoms with E-state index in [4.69, 9.17) is 4.52 Å². The van der Waals surface area contributed by atoms with Crippen LogP contribution in [0.25, 0.3) is 11.4 Å². The summed E-state index contributed by atoms with van der Waals surface area (Å²) in [5.41, 5.74) is 0.865. The van der Waals surface area contributed by atoms with E-state index in [1.165, 1.54) is 0 Å². The first-order chi connectivity index (χ1) is 9.65. The zero-order chi connectivity index (χ0) is 14.4. The fraction of sp³-hybridized carbons (Fsp3) is 0.571. The Hall–Kier alpha value is -1.98. The highest BCUT2D eigenvalue weighted by atomic mass is 16.5. The van der Waals surface area contributed by atoms with Crippen LogP contribution >= 0.6 is 0 Å². The summed E-state index contributed by atoms with van der Waals surface area (Å²) in [5, 5.41) is 8.03. The Balaban J connectivity index is 1.72. The lowest BCUT2D eigenvalue weighted by atomic mass is 10.1. The first-order valence-corrected chi connectivity index (χ1v) is 6.96. The molecule has 2 rings (SSSR count). The molecule has 0 radical (unpaired) electrons. The number of ketones is 1. The Morgan fingerprint density at radius 2 is 2.10 bits per heavy atom. The molecule has 0 unspecified atom stereocenters. The Morgan fingerprint density at radius 1 is 1.30 bits per heavy atom. The maximum Gasteiger partial charge on any atom is 0.226 e. The van der Waals surface area contributed by atoms with Crippen LogP contribution in [0.1, 0.15) is 44.9 Å². The SMILES string of the molecule is CC(=O)CCCCCCc1nc(-c2cnn(C)c2)no1. The molecule has 2 aromatic rings. The average Bonchev–Trinajstić information content (AvgIpc) is 3.02. The van der Waals surface area contributed by atoms with E-state index in [1.807, 2.05) is 13.2 Å². The maximum absolute atomic E-state index is 10.8. The third-order valence-electron chi connectivity index (χ3n) is 3.10. The third-order valence-corrected chi connectivity index (χ3v) is 3.10. The van der Waals surface area contributed by atoms with Gasteiger partial charge in [-0.05, 0) is 19.8 Å². The zero-order valence-electron chi connectivity index (χ0n) is 12.0. The van der Waals surface area contributed by atoms with Crippen molar-refractivity contribution in [2.45, 2.75) is 45.4 Å². The largest absolute Gasteiger partial charge is 0.339 e. The van der Waals surface area contributed by atoms with Crippen LogP contribution in [0.2, 0.25) is 0 Å². The number of nitrogens with zero attached hydrogens (tertiary/aromatic N) is 4. The van der Waals surface area contributed by atoms with Crippen LogP contribution in [0.15, 0.2) is 16.9 Å². The Bertz CT molecular complexity index is 559. The van der Waals surface area contributed by atoms with E-state index in [-0.39, 0.29) is 5.78 Å². The normalized spacial score (nSPS) is 10.9. The highest BCUT2D eigenvalue weighted by Gasteiger charge is 2.09. The molecule has 0 spiro atoms. The molecule has 0 aliphatic rings. The number of unbranched alkanes of at least 4 members (excludes halogenated alkanes) is 3. The van der Waals surface area contributed by atoms with Crippen molar-refractivity contribution in [1.82, 2.24) is 19.9 Å². The second kappa shape index (κ2) is 6.98. The molecule has 2 heterocycles. The third kappa shape index (κ3) is 4.29. The molecular formula is C14H20N4O2. The van der Waals surface area contributed by atoms with Gasteiger partial charge in [0.25, 0.3) is 0 Å². The van der Waals surface area contributed by atoms with Crippen molar-refractivity contribution in [3.05, 3.63) is 18.3 Å². The van der Waals surface area contributed by atoms with Gasteiger partial charge in [-0.3, -0.25) is 4.68 Å². The van der Waals surface area contributed by atoms with Gasteiger partial charge in [0.05, 0.1) is 11.8 Å². The van der Waals surface area contributed by atoms with Crippen LogP contribution < -0.4 is 0 Å². The van der Waals surface area contributed by atoms with E-state index in [9.17, 15) is 4.79 Å².